The van der Waals surface area contributed by atoms with E-state index in [9.17, 15) is 5.11 Å². The van der Waals surface area contributed by atoms with Gasteiger partial charge in [0.05, 0.1) is 6.10 Å². The van der Waals surface area contributed by atoms with Gasteiger partial charge < -0.3 is 5.11 Å². The zero-order valence-corrected chi connectivity index (χ0v) is 7.39. The first-order valence-electron chi connectivity index (χ1n) is 3.77. The van der Waals surface area contributed by atoms with E-state index >= 15 is 0 Å². The minimum absolute atomic E-state index is 0.0134. The lowest BCUT2D eigenvalue weighted by molar-refractivity contribution is 0.0659. The molecule has 0 aromatic carbocycles. The Kier molecular flexibility index (Phi) is 3.66. The van der Waals surface area contributed by atoms with E-state index in [-0.39, 0.29) is 11.5 Å². The molecule has 0 saturated heterocycles. The van der Waals surface area contributed by atoms with Crippen molar-refractivity contribution in [1.82, 2.24) is 0 Å². The predicted molar refractivity (Wildman–Crippen MR) is 44.9 cm³/mol. The van der Waals surface area contributed by atoms with Crippen molar-refractivity contribution in [2.45, 2.75) is 40.2 Å². The van der Waals surface area contributed by atoms with Gasteiger partial charge in [-0.15, -0.1) is 0 Å². The first-order valence-corrected chi connectivity index (χ1v) is 3.77. The molecule has 0 aromatic heterocycles. The summed E-state index contributed by atoms with van der Waals surface area (Å²) < 4.78 is 0. The van der Waals surface area contributed by atoms with Gasteiger partial charge in [-0.3, -0.25) is 0 Å². The molecular formula is C9H18O. The number of rotatable bonds is 2. The number of allylic oxidation sites excluding steroid dienone is 1. The molecule has 1 nitrogen and oxygen atoms in total. The Morgan fingerprint density at radius 2 is 1.90 bits per heavy atom. The molecule has 10 heavy (non-hydrogen) atoms. The number of hydrogen-bond donors (Lipinski definition) is 1. The van der Waals surface area contributed by atoms with Gasteiger partial charge in [0, 0.05) is 0 Å². The van der Waals surface area contributed by atoms with Gasteiger partial charge in [0.2, 0.25) is 0 Å². The summed E-state index contributed by atoms with van der Waals surface area (Å²) in [7, 11) is 0. The SMILES string of the molecule is C/C=C\CC(O)C(C)(C)C. The van der Waals surface area contributed by atoms with Crippen LogP contribution in [0.2, 0.25) is 0 Å². The van der Waals surface area contributed by atoms with Crippen LogP contribution in [0.4, 0.5) is 0 Å². The normalized spacial score (nSPS) is 16.1. The summed E-state index contributed by atoms with van der Waals surface area (Å²) in [6, 6.07) is 0. The number of aliphatic hydroxyl groups is 1. The van der Waals surface area contributed by atoms with Crippen LogP contribution in [0.25, 0.3) is 0 Å². The van der Waals surface area contributed by atoms with Crippen molar-refractivity contribution in [3.8, 4) is 0 Å². The lowest BCUT2D eigenvalue weighted by atomic mass is 9.87. The molecule has 0 rings (SSSR count). The Morgan fingerprint density at radius 3 is 2.20 bits per heavy atom. The van der Waals surface area contributed by atoms with Crippen LogP contribution < -0.4 is 0 Å². The first-order chi connectivity index (χ1) is 4.48. The van der Waals surface area contributed by atoms with E-state index in [2.05, 4.69) is 0 Å². The van der Waals surface area contributed by atoms with E-state index in [0.717, 1.165) is 6.42 Å². The molecule has 0 aromatic rings. The second kappa shape index (κ2) is 3.77. The highest BCUT2D eigenvalue weighted by Gasteiger charge is 2.19. The Balaban J connectivity index is 3.73. The van der Waals surface area contributed by atoms with Crippen molar-refractivity contribution >= 4 is 0 Å². The van der Waals surface area contributed by atoms with E-state index < -0.39 is 0 Å². The van der Waals surface area contributed by atoms with Crippen molar-refractivity contribution in [2.24, 2.45) is 5.41 Å². The maximum Gasteiger partial charge on any atom is 0.0622 e. The molecule has 1 atom stereocenters. The maximum absolute atomic E-state index is 9.47. The van der Waals surface area contributed by atoms with Gasteiger partial charge in [0.1, 0.15) is 0 Å². The highest BCUT2D eigenvalue weighted by atomic mass is 16.3. The van der Waals surface area contributed by atoms with Crippen LogP contribution in [-0.4, -0.2) is 11.2 Å². The quantitative estimate of drug-likeness (QED) is 0.587. The minimum Gasteiger partial charge on any atom is -0.392 e. The molecule has 0 saturated carbocycles. The molecule has 0 heterocycles. The van der Waals surface area contributed by atoms with E-state index in [4.69, 9.17) is 0 Å². The highest BCUT2D eigenvalue weighted by Crippen LogP contribution is 2.21. The van der Waals surface area contributed by atoms with Gasteiger partial charge in [0.15, 0.2) is 0 Å². The molecule has 0 fully saturated rings. The fourth-order valence-electron chi connectivity index (χ4n) is 0.619. The lowest BCUT2D eigenvalue weighted by Crippen LogP contribution is -2.24. The van der Waals surface area contributed by atoms with Crippen LogP contribution in [0, 0.1) is 5.41 Å². The summed E-state index contributed by atoms with van der Waals surface area (Å²) in [5, 5.41) is 9.47. The Morgan fingerprint density at radius 1 is 1.40 bits per heavy atom. The third-order valence-electron chi connectivity index (χ3n) is 1.59. The molecule has 60 valence electrons. The van der Waals surface area contributed by atoms with Gasteiger partial charge in [-0.1, -0.05) is 32.9 Å². The minimum atomic E-state index is -0.219. The third kappa shape index (κ3) is 3.67. The molecule has 0 radical (unpaired) electrons. The topological polar surface area (TPSA) is 20.2 Å². The lowest BCUT2D eigenvalue weighted by Gasteiger charge is -2.24. The molecule has 1 N–H and O–H groups in total. The monoisotopic (exact) mass is 142 g/mol. The van der Waals surface area contributed by atoms with E-state index in [0.29, 0.717) is 0 Å². The van der Waals surface area contributed by atoms with E-state index in [1.54, 1.807) is 0 Å². The summed E-state index contributed by atoms with van der Waals surface area (Å²) in [6.07, 6.45) is 4.51. The van der Waals surface area contributed by atoms with Gasteiger partial charge in [0.25, 0.3) is 0 Å². The van der Waals surface area contributed by atoms with Crippen LogP contribution in [0.5, 0.6) is 0 Å². The van der Waals surface area contributed by atoms with Gasteiger partial charge in [-0.25, -0.2) is 0 Å². The van der Waals surface area contributed by atoms with Crippen molar-refractivity contribution < 1.29 is 5.11 Å². The summed E-state index contributed by atoms with van der Waals surface area (Å²) in [5.74, 6) is 0. The van der Waals surface area contributed by atoms with Gasteiger partial charge in [-0.2, -0.15) is 0 Å². The fraction of sp³-hybridized carbons (Fsp3) is 0.778. The van der Waals surface area contributed by atoms with E-state index in [1.807, 2.05) is 39.8 Å². The largest absolute Gasteiger partial charge is 0.392 e. The number of aliphatic hydroxyl groups excluding tert-OH is 1. The van der Waals surface area contributed by atoms with Crippen LogP contribution in [0.1, 0.15) is 34.1 Å². The zero-order valence-electron chi connectivity index (χ0n) is 7.39. The van der Waals surface area contributed by atoms with Crippen molar-refractivity contribution in [3.05, 3.63) is 12.2 Å². The second-order valence-corrected chi connectivity index (χ2v) is 3.69. The van der Waals surface area contributed by atoms with E-state index in [1.165, 1.54) is 0 Å². The Hall–Kier alpha value is -0.300. The summed E-state index contributed by atoms with van der Waals surface area (Å²) in [4.78, 5) is 0. The summed E-state index contributed by atoms with van der Waals surface area (Å²) in [6.45, 7) is 8.10. The van der Waals surface area contributed by atoms with Gasteiger partial charge >= 0.3 is 0 Å². The van der Waals surface area contributed by atoms with Crippen molar-refractivity contribution in [3.63, 3.8) is 0 Å². The molecule has 1 heteroatoms. The van der Waals surface area contributed by atoms with Gasteiger partial charge in [-0.05, 0) is 18.8 Å². The third-order valence-corrected chi connectivity index (χ3v) is 1.59. The average molecular weight is 142 g/mol. The van der Waals surface area contributed by atoms with Crippen LogP contribution in [-0.2, 0) is 0 Å². The molecule has 0 spiro atoms. The summed E-state index contributed by atoms with van der Waals surface area (Å²) >= 11 is 0. The molecule has 0 aliphatic rings. The zero-order chi connectivity index (χ0) is 8.20. The molecular weight excluding hydrogens is 124 g/mol. The van der Waals surface area contributed by atoms with Crippen LogP contribution in [0.3, 0.4) is 0 Å². The predicted octanol–water partition coefficient (Wildman–Crippen LogP) is 2.36. The standard InChI is InChI=1S/C9H18O/c1-5-6-7-8(10)9(2,3)4/h5-6,8,10H,7H2,1-4H3/b6-5-. The molecule has 0 amide bonds. The van der Waals surface area contributed by atoms with Crippen LogP contribution in [0.15, 0.2) is 12.2 Å². The Bertz CT molecular complexity index is 108. The number of hydrogen-bond acceptors (Lipinski definition) is 1. The molecule has 0 aliphatic carbocycles. The highest BCUT2D eigenvalue weighted by molar-refractivity contribution is 4.84. The fourth-order valence-corrected chi connectivity index (χ4v) is 0.619. The van der Waals surface area contributed by atoms with Crippen molar-refractivity contribution in [1.29, 1.82) is 0 Å². The Labute approximate surface area is 63.8 Å². The molecule has 0 aliphatic heterocycles. The average Bonchev–Trinajstić information content (AvgIpc) is 1.80. The maximum atomic E-state index is 9.47. The smallest absolute Gasteiger partial charge is 0.0622 e. The summed E-state index contributed by atoms with van der Waals surface area (Å²) in [5.41, 5.74) is 0.0134. The molecule has 0 bridgehead atoms. The second-order valence-electron chi connectivity index (χ2n) is 3.69. The van der Waals surface area contributed by atoms with Crippen molar-refractivity contribution in [2.75, 3.05) is 0 Å². The van der Waals surface area contributed by atoms with Crippen LogP contribution >= 0.6 is 0 Å². The first kappa shape index (κ1) is 9.70. The molecule has 1 unspecified atom stereocenters.